The summed E-state index contributed by atoms with van der Waals surface area (Å²) >= 11 is 12.7. The molecule has 0 saturated heterocycles. The molecule has 21 heavy (non-hydrogen) atoms. The summed E-state index contributed by atoms with van der Waals surface area (Å²) in [7, 11) is 0. The van der Waals surface area contributed by atoms with Crippen LogP contribution in [0.2, 0.25) is 5.02 Å². The number of carbonyl (C=O) groups excluding carboxylic acids is 1. The number of nitrogens with one attached hydrogen (secondary N) is 1. The smallest absolute Gasteiger partial charge is 0.407 e. The first kappa shape index (κ1) is 18.8. The highest BCUT2D eigenvalue weighted by molar-refractivity contribution is 9.11. The molecule has 0 aromatic carbocycles. The van der Waals surface area contributed by atoms with Gasteiger partial charge in [-0.25, -0.2) is 4.79 Å². The van der Waals surface area contributed by atoms with Crippen LogP contribution in [0.5, 0.6) is 0 Å². The van der Waals surface area contributed by atoms with Crippen LogP contribution in [0.3, 0.4) is 0 Å². The van der Waals surface area contributed by atoms with Crippen molar-refractivity contribution in [2.24, 2.45) is 5.92 Å². The number of halogens is 3. The number of aromatic nitrogens is 2. The van der Waals surface area contributed by atoms with E-state index in [1.165, 1.54) is 0 Å². The zero-order valence-electron chi connectivity index (χ0n) is 12.7. The predicted molar refractivity (Wildman–Crippen MR) is 90.6 cm³/mol. The summed E-state index contributed by atoms with van der Waals surface area (Å²) in [5.74, 6) is 0.150. The summed E-state index contributed by atoms with van der Waals surface area (Å²) in [6.07, 6.45) is -0.416. The Morgan fingerprint density at radius 1 is 1.43 bits per heavy atom. The highest BCUT2D eigenvalue weighted by atomic mass is 79.9. The molecule has 0 fully saturated rings. The number of hydrogen-bond acceptors (Lipinski definition) is 3. The quantitative estimate of drug-likeness (QED) is 0.736. The Bertz CT molecular complexity index is 514. The van der Waals surface area contributed by atoms with Crippen molar-refractivity contribution < 1.29 is 9.53 Å². The molecule has 1 rings (SSSR count). The Labute approximate surface area is 147 Å². The third kappa shape index (κ3) is 5.79. The third-order valence-electron chi connectivity index (χ3n) is 2.86. The molecule has 0 aliphatic carbocycles. The molecule has 2 atom stereocenters. The molecule has 0 saturated carbocycles. The second-order valence-corrected chi connectivity index (χ2v) is 7.87. The van der Waals surface area contributed by atoms with Gasteiger partial charge in [-0.05, 0) is 65.5 Å². The third-order valence-corrected chi connectivity index (χ3v) is 5.03. The monoisotopic (exact) mass is 443 g/mol. The molecule has 1 amide bonds. The van der Waals surface area contributed by atoms with E-state index in [-0.39, 0.29) is 12.0 Å². The first-order valence-electron chi connectivity index (χ1n) is 6.58. The van der Waals surface area contributed by atoms with Crippen molar-refractivity contribution in [3.05, 3.63) is 14.2 Å². The molecule has 0 aliphatic rings. The minimum atomic E-state index is -0.504. The van der Waals surface area contributed by atoms with Gasteiger partial charge in [-0.2, -0.15) is 5.10 Å². The molecule has 120 valence electrons. The fourth-order valence-electron chi connectivity index (χ4n) is 1.58. The van der Waals surface area contributed by atoms with E-state index in [1.807, 2.05) is 34.6 Å². The summed E-state index contributed by atoms with van der Waals surface area (Å²) in [6, 6.07) is -0.0616. The fourth-order valence-corrected chi connectivity index (χ4v) is 2.77. The summed E-state index contributed by atoms with van der Waals surface area (Å²) in [5.41, 5.74) is -0.504. The minimum Gasteiger partial charge on any atom is -0.444 e. The zero-order chi connectivity index (χ0) is 16.4. The normalized spacial score (nSPS) is 14.7. The Hall–Kier alpha value is -0.270. The highest BCUT2D eigenvalue weighted by Crippen LogP contribution is 2.30. The van der Waals surface area contributed by atoms with Crippen molar-refractivity contribution >= 4 is 49.6 Å². The van der Waals surface area contributed by atoms with Crippen LogP contribution in [0.1, 0.15) is 34.6 Å². The van der Waals surface area contributed by atoms with E-state index in [9.17, 15) is 4.79 Å². The maximum Gasteiger partial charge on any atom is 0.407 e. The van der Waals surface area contributed by atoms with Gasteiger partial charge in [0.05, 0.1) is 0 Å². The number of nitrogens with zero attached hydrogens (tertiary/aromatic N) is 2. The van der Waals surface area contributed by atoms with E-state index in [0.717, 1.165) is 0 Å². The van der Waals surface area contributed by atoms with Crippen LogP contribution in [-0.2, 0) is 11.3 Å². The first-order chi connectivity index (χ1) is 9.51. The molecule has 1 heterocycles. The van der Waals surface area contributed by atoms with Crippen LogP contribution < -0.4 is 5.32 Å². The van der Waals surface area contributed by atoms with E-state index < -0.39 is 11.7 Å². The van der Waals surface area contributed by atoms with Gasteiger partial charge in [0.2, 0.25) is 0 Å². The molecule has 1 N–H and O–H groups in total. The van der Waals surface area contributed by atoms with E-state index >= 15 is 0 Å². The minimum absolute atomic E-state index is 0.0616. The summed E-state index contributed by atoms with van der Waals surface area (Å²) in [4.78, 5) is 11.8. The molecule has 0 aliphatic heterocycles. The molecule has 1 unspecified atom stereocenters. The average Bonchev–Trinajstić information content (AvgIpc) is 2.54. The lowest BCUT2D eigenvalue weighted by Crippen LogP contribution is -2.41. The van der Waals surface area contributed by atoms with Gasteiger partial charge in [-0.15, -0.1) is 0 Å². The van der Waals surface area contributed by atoms with Crippen molar-refractivity contribution in [1.29, 1.82) is 0 Å². The molecule has 0 spiro atoms. The number of amides is 1. The lowest BCUT2D eigenvalue weighted by Gasteiger charge is -2.25. The van der Waals surface area contributed by atoms with Gasteiger partial charge in [-0.1, -0.05) is 18.5 Å². The van der Waals surface area contributed by atoms with Gasteiger partial charge in [-0.3, -0.25) is 4.68 Å². The van der Waals surface area contributed by atoms with Crippen LogP contribution in [0.15, 0.2) is 9.21 Å². The molecular formula is C13H20Br2ClN3O2. The average molecular weight is 446 g/mol. The highest BCUT2D eigenvalue weighted by Gasteiger charge is 2.22. The molecule has 1 aromatic rings. The molecule has 5 nitrogen and oxygen atoms in total. The molecule has 1 aromatic heterocycles. The Morgan fingerprint density at radius 2 is 2.00 bits per heavy atom. The lowest BCUT2D eigenvalue weighted by atomic mass is 10.0. The Morgan fingerprint density at radius 3 is 2.43 bits per heavy atom. The van der Waals surface area contributed by atoms with Crippen LogP contribution in [0.25, 0.3) is 0 Å². The second-order valence-electron chi connectivity index (χ2n) is 5.99. The number of hydrogen-bond donors (Lipinski definition) is 1. The van der Waals surface area contributed by atoms with Gasteiger partial charge in [0.15, 0.2) is 0 Å². The van der Waals surface area contributed by atoms with E-state index in [1.54, 1.807) is 4.68 Å². The summed E-state index contributed by atoms with van der Waals surface area (Å²) < 4.78 is 8.31. The van der Waals surface area contributed by atoms with Crippen LogP contribution in [0.4, 0.5) is 4.79 Å². The summed E-state index contributed by atoms with van der Waals surface area (Å²) in [5, 5.41) is 7.65. The maximum atomic E-state index is 11.8. The van der Waals surface area contributed by atoms with Crippen molar-refractivity contribution in [1.82, 2.24) is 15.1 Å². The number of ether oxygens (including phenoxy) is 1. The van der Waals surface area contributed by atoms with Crippen molar-refractivity contribution in [2.75, 3.05) is 0 Å². The maximum absolute atomic E-state index is 11.8. The van der Waals surface area contributed by atoms with E-state index in [2.05, 4.69) is 42.3 Å². The molecular weight excluding hydrogens is 425 g/mol. The molecule has 0 bridgehead atoms. The van der Waals surface area contributed by atoms with Gasteiger partial charge in [0.1, 0.15) is 19.8 Å². The first-order valence-corrected chi connectivity index (χ1v) is 8.54. The fraction of sp³-hybridized carbons (Fsp3) is 0.692. The van der Waals surface area contributed by atoms with Crippen LogP contribution >= 0.6 is 43.5 Å². The Balaban J connectivity index is 2.60. The lowest BCUT2D eigenvalue weighted by molar-refractivity contribution is 0.0490. The van der Waals surface area contributed by atoms with E-state index in [0.29, 0.717) is 20.8 Å². The standard InChI is InChI=1S/C13H20Br2ClN3O2/c1-7(6-19-11(15)9(16)10(14)18-19)8(2)17-12(20)21-13(3,4)5/h7-8H,6H2,1-5H3,(H,17,20)/t7?,8-/m1/s1. The van der Waals surface area contributed by atoms with Gasteiger partial charge >= 0.3 is 6.09 Å². The van der Waals surface area contributed by atoms with Crippen molar-refractivity contribution in [3.8, 4) is 0 Å². The Kier molecular flexibility index (Phi) is 6.55. The van der Waals surface area contributed by atoms with Crippen molar-refractivity contribution in [2.45, 2.75) is 52.8 Å². The summed E-state index contributed by atoms with van der Waals surface area (Å²) in [6.45, 7) is 10.1. The zero-order valence-corrected chi connectivity index (χ0v) is 16.6. The predicted octanol–water partition coefficient (Wildman–Crippen LogP) is 4.61. The second kappa shape index (κ2) is 7.33. The molecule has 0 radical (unpaired) electrons. The van der Waals surface area contributed by atoms with Gasteiger partial charge < -0.3 is 10.1 Å². The van der Waals surface area contributed by atoms with Gasteiger partial charge in [0.25, 0.3) is 0 Å². The topological polar surface area (TPSA) is 56.2 Å². The van der Waals surface area contributed by atoms with E-state index in [4.69, 9.17) is 16.3 Å². The van der Waals surface area contributed by atoms with Gasteiger partial charge in [0, 0.05) is 12.6 Å². The number of carbonyl (C=O) groups is 1. The largest absolute Gasteiger partial charge is 0.444 e. The van der Waals surface area contributed by atoms with Crippen LogP contribution in [-0.4, -0.2) is 27.5 Å². The number of rotatable bonds is 4. The molecule has 8 heteroatoms. The SMILES string of the molecule is CC(Cn1nc(Br)c(Cl)c1Br)[C@@H](C)NC(=O)OC(C)(C)C. The van der Waals surface area contributed by atoms with Crippen molar-refractivity contribution in [3.63, 3.8) is 0 Å². The van der Waals surface area contributed by atoms with Crippen LogP contribution in [0, 0.1) is 5.92 Å². The number of alkyl carbamates (subject to hydrolysis) is 1.